The molecular formula is C41H80NO8P. The molecule has 0 aliphatic carbocycles. The van der Waals surface area contributed by atoms with Crippen molar-refractivity contribution in [3.63, 3.8) is 0 Å². The fourth-order valence-corrected chi connectivity index (χ4v) is 6.75. The molecule has 0 amide bonds. The maximum Gasteiger partial charge on any atom is 0.472 e. The predicted molar refractivity (Wildman–Crippen MR) is 211 cm³/mol. The molecule has 0 aliphatic rings. The molecule has 0 aromatic heterocycles. The summed E-state index contributed by atoms with van der Waals surface area (Å²) in [6.45, 7) is 3.73. The fraction of sp³-hybridized carbons (Fsp3) is 0.902. The van der Waals surface area contributed by atoms with Crippen LogP contribution in [0, 0.1) is 0 Å². The SMILES string of the molecule is CCCCCCCCCCC/C=C/CCCCC(=O)O[C@H](COC(=O)CCCCCCCCCCCCCCCCC)COP(=O)(O)OCCN. The van der Waals surface area contributed by atoms with Crippen molar-refractivity contribution < 1.29 is 37.6 Å². The largest absolute Gasteiger partial charge is 0.472 e. The third kappa shape index (κ3) is 38.3. The van der Waals surface area contributed by atoms with Gasteiger partial charge in [0.2, 0.25) is 0 Å². The number of carbonyl (C=O) groups is 2. The summed E-state index contributed by atoms with van der Waals surface area (Å²) in [4.78, 5) is 34.8. The highest BCUT2D eigenvalue weighted by Gasteiger charge is 2.26. The first-order chi connectivity index (χ1) is 24.8. The van der Waals surface area contributed by atoms with E-state index in [4.69, 9.17) is 24.3 Å². The Bertz CT molecular complexity index is 856. The van der Waals surface area contributed by atoms with E-state index in [-0.39, 0.29) is 38.6 Å². The van der Waals surface area contributed by atoms with Crippen LogP contribution in [-0.4, -0.2) is 49.3 Å². The molecule has 10 heteroatoms. The van der Waals surface area contributed by atoms with Gasteiger partial charge in [-0.1, -0.05) is 167 Å². The van der Waals surface area contributed by atoms with Crippen LogP contribution in [0.4, 0.5) is 0 Å². The molecule has 0 aliphatic heterocycles. The minimum Gasteiger partial charge on any atom is -0.462 e. The molecule has 0 bridgehead atoms. The summed E-state index contributed by atoms with van der Waals surface area (Å²) >= 11 is 0. The summed E-state index contributed by atoms with van der Waals surface area (Å²) in [5.74, 6) is -0.845. The fourth-order valence-electron chi connectivity index (χ4n) is 5.98. The first-order valence-corrected chi connectivity index (χ1v) is 22.7. The number of esters is 2. The first kappa shape index (κ1) is 49.8. The minimum absolute atomic E-state index is 0.0533. The lowest BCUT2D eigenvalue weighted by Gasteiger charge is -2.19. The van der Waals surface area contributed by atoms with Gasteiger partial charge in [0, 0.05) is 19.4 Å². The number of phosphoric acid groups is 1. The van der Waals surface area contributed by atoms with Gasteiger partial charge >= 0.3 is 19.8 Å². The van der Waals surface area contributed by atoms with Crippen LogP contribution in [0.1, 0.15) is 206 Å². The van der Waals surface area contributed by atoms with Crippen molar-refractivity contribution in [2.75, 3.05) is 26.4 Å². The Labute approximate surface area is 313 Å². The van der Waals surface area contributed by atoms with E-state index in [1.807, 2.05) is 0 Å². The van der Waals surface area contributed by atoms with Gasteiger partial charge in [0.1, 0.15) is 6.61 Å². The van der Waals surface area contributed by atoms with E-state index < -0.39 is 26.5 Å². The number of phosphoric ester groups is 1. The highest BCUT2D eigenvalue weighted by Crippen LogP contribution is 2.43. The molecule has 0 saturated heterocycles. The quantitative estimate of drug-likeness (QED) is 0.0272. The molecule has 0 aromatic carbocycles. The van der Waals surface area contributed by atoms with Crippen molar-refractivity contribution in [3.8, 4) is 0 Å². The van der Waals surface area contributed by atoms with Crippen molar-refractivity contribution in [1.82, 2.24) is 0 Å². The normalized spacial score (nSPS) is 13.4. The second kappa shape index (κ2) is 38.5. The van der Waals surface area contributed by atoms with Gasteiger partial charge in [0.05, 0.1) is 13.2 Å². The maximum atomic E-state index is 12.5. The van der Waals surface area contributed by atoms with Gasteiger partial charge < -0.3 is 20.1 Å². The number of carbonyl (C=O) groups excluding carboxylic acids is 2. The van der Waals surface area contributed by atoms with Crippen molar-refractivity contribution in [2.24, 2.45) is 5.73 Å². The van der Waals surface area contributed by atoms with Gasteiger partial charge in [-0.25, -0.2) is 4.57 Å². The number of ether oxygens (including phenoxy) is 2. The second-order valence-corrected chi connectivity index (χ2v) is 15.7. The van der Waals surface area contributed by atoms with Crippen molar-refractivity contribution in [2.45, 2.75) is 213 Å². The zero-order chi connectivity index (χ0) is 37.5. The molecule has 51 heavy (non-hydrogen) atoms. The van der Waals surface area contributed by atoms with Crippen LogP contribution in [-0.2, 0) is 32.7 Å². The van der Waals surface area contributed by atoms with Crippen LogP contribution >= 0.6 is 7.82 Å². The molecule has 0 aromatic rings. The zero-order valence-electron chi connectivity index (χ0n) is 33.1. The Kier molecular flexibility index (Phi) is 37.5. The summed E-state index contributed by atoms with van der Waals surface area (Å²) in [6.07, 6.45) is 38.1. The third-order valence-corrected chi connectivity index (χ3v) is 10.1. The summed E-state index contributed by atoms with van der Waals surface area (Å²) < 4.78 is 32.7. The number of allylic oxidation sites excluding steroid dienone is 2. The van der Waals surface area contributed by atoms with Gasteiger partial charge in [0.25, 0.3) is 0 Å². The molecule has 3 N–H and O–H groups in total. The summed E-state index contributed by atoms with van der Waals surface area (Å²) in [5.41, 5.74) is 5.34. The lowest BCUT2D eigenvalue weighted by atomic mass is 10.0. The number of hydrogen-bond acceptors (Lipinski definition) is 8. The Morgan fingerprint density at radius 2 is 0.961 bits per heavy atom. The van der Waals surface area contributed by atoms with Gasteiger partial charge in [-0.15, -0.1) is 0 Å². The number of rotatable bonds is 40. The average Bonchev–Trinajstić information content (AvgIpc) is 3.11. The molecule has 0 spiro atoms. The van der Waals surface area contributed by atoms with Crippen LogP contribution in [0.2, 0.25) is 0 Å². The highest BCUT2D eigenvalue weighted by atomic mass is 31.2. The van der Waals surface area contributed by atoms with Gasteiger partial charge in [-0.2, -0.15) is 0 Å². The predicted octanol–water partition coefficient (Wildman–Crippen LogP) is 11.8. The second-order valence-electron chi connectivity index (χ2n) is 14.2. The highest BCUT2D eigenvalue weighted by molar-refractivity contribution is 7.47. The van der Waals surface area contributed by atoms with Crippen LogP contribution < -0.4 is 5.73 Å². The molecule has 0 heterocycles. The molecule has 302 valence electrons. The summed E-state index contributed by atoms with van der Waals surface area (Å²) in [6, 6.07) is 0. The van der Waals surface area contributed by atoms with Crippen LogP contribution in [0.15, 0.2) is 12.2 Å². The average molecular weight is 746 g/mol. The minimum atomic E-state index is -4.37. The van der Waals surface area contributed by atoms with Crippen LogP contribution in [0.3, 0.4) is 0 Å². The lowest BCUT2D eigenvalue weighted by Crippen LogP contribution is -2.29. The maximum absolute atomic E-state index is 12.5. The summed E-state index contributed by atoms with van der Waals surface area (Å²) in [7, 11) is -4.37. The molecule has 1 unspecified atom stereocenters. The molecule has 2 atom stereocenters. The molecule has 0 radical (unpaired) electrons. The van der Waals surface area contributed by atoms with E-state index in [1.54, 1.807) is 0 Å². The first-order valence-electron chi connectivity index (χ1n) is 21.2. The Morgan fingerprint density at radius 3 is 1.43 bits per heavy atom. The molecule has 0 fully saturated rings. The molecule has 0 saturated carbocycles. The van der Waals surface area contributed by atoms with E-state index >= 15 is 0 Å². The zero-order valence-corrected chi connectivity index (χ0v) is 34.0. The Hall–Kier alpha value is -1.25. The summed E-state index contributed by atoms with van der Waals surface area (Å²) in [5, 5.41) is 0. The van der Waals surface area contributed by atoms with E-state index in [0.717, 1.165) is 38.5 Å². The van der Waals surface area contributed by atoms with Crippen molar-refractivity contribution >= 4 is 19.8 Å². The Balaban J connectivity index is 4.17. The lowest BCUT2D eigenvalue weighted by molar-refractivity contribution is -0.161. The van der Waals surface area contributed by atoms with E-state index in [9.17, 15) is 19.0 Å². The van der Waals surface area contributed by atoms with E-state index in [0.29, 0.717) is 6.42 Å². The van der Waals surface area contributed by atoms with Crippen LogP contribution in [0.25, 0.3) is 0 Å². The van der Waals surface area contributed by atoms with E-state index in [2.05, 4.69) is 26.0 Å². The van der Waals surface area contributed by atoms with Gasteiger partial charge in [-0.05, 0) is 38.5 Å². The van der Waals surface area contributed by atoms with Crippen molar-refractivity contribution in [3.05, 3.63) is 12.2 Å². The van der Waals surface area contributed by atoms with Gasteiger partial charge in [-0.3, -0.25) is 18.6 Å². The van der Waals surface area contributed by atoms with Crippen LogP contribution in [0.5, 0.6) is 0 Å². The Morgan fingerprint density at radius 1 is 0.569 bits per heavy atom. The van der Waals surface area contributed by atoms with Gasteiger partial charge in [0.15, 0.2) is 6.10 Å². The number of hydrogen-bond donors (Lipinski definition) is 2. The standard InChI is InChI=1S/C41H80NO8P/c1-3-5-7-9-11-13-15-17-19-21-23-25-27-29-31-33-40(43)47-37-39(38-49-51(45,46)48-36-35-42)50-41(44)34-32-30-28-26-24-22-20-18-16-14-12-10-8-6-4-2/h24,26,39H,3-23,25,27-38,42H2,1-2H3,(H,45,46)/b26-24+/t39-/m1/s1. The van der Waals surface area contributed by atoms with E-state index in [1.165, 1.54) is 135 Å². The molecule has 9 nitrogen and oxygen atoms in total. The number of nitrogens with two attached hydrogens (primary N) is 1. The number of unbranched alkanes of at least 4 members (excludes halogenated alkanes) is 25. The smallest absolute Gasteiger partial charge is 0.462 e. The monoisotopic (exact) mass is 746 g/mol. The topological polar surface area (TPSA) is 134 Å². The van der Waals surface area contributed by atoms with Crippen molar-refractivity contribution in [1.29, 1.82) is 0 Å². The molecular weight excluding hydrogens is 665 g/mol. The third-order valence-electron chi connectivity index (χ3n) is 9.15. The molecule has 0 rings (SSSR count).